The van der Waals surface area contributed by atoms with Crippen molar-refractivity contribution in [2.24, 2.45) is 5.92 Å². The molecule has 3 heterocycles. The fraction of sp³-hybridized carbons (Fsp3) is 0.429. The molecular weight excluding hydrogens is 410 g/mol. The first-order valence-electron chi connectivity index (χ1n) is 9.77. The van der Waals surface area contributed by atoms with Gasteiger partial charge in [0.25, 0.3) is 5.56 Å². The molecule has 1 aliphatic heterocycles. The van der Waals surface area contributed by atoms with Gasteiger partial charge >= 0.3 is 5.69 Å². The monoisotopic (exact) mass is 433 g/mol. The van der Waals surface area contributed by atoms with E-state index in [9.17, 15) is 9.59 Å². The van der Waals surface area contributed by atoms with Gasteiger partial charge in [0, 0.05) is 18.5 Å². The van der Waals surface area contributed by atoms with Crippen LogP contribution in [0.4, 0.5) is 0 Å². The van der Waals surface area contributed by atoms with Gasteiger partial charge in [-0.3, -0.25) is 14.3 Å². The molecule has 2 aromatic heterocycles. The number of methoxy groups -OCH3 is 1. The number of hydrogen-bond donors (Lipinski definition) is 2. The number of ether oxygens (including phenoxy) is 1. The van der Waals surface area contributed by atoms with Crippen molar-refractivity contribution in [3.8, 4) is 5.75 Å². The lowest BCUT2D eigenvalue weighted by atomic mass is 9.73. The Labute approximate surface area is 178 Å². The Bertz CT molecular complexity index is 1150. The van der Waals surface area contributed by atoms with Crippen LogP contribution in [0.2, 0.25) is 0 Å². The Morgan fingerprint density at radius 1 is 1.28 bits per heavy atom. The molecule has 5 rings (SSSR count). The van der Waals surface area contributed by atoms with E-state index in [1.165, 1.54) is 27.0 Å². The predicted molar refractivity (Wildman–Crippen MR) is 118 cm³/mol. The van der Waals surface area contributed by atoms with Gasteiger partial charge in [-0.05, 0) is 60.4 Å². The number of hydrogen-bond acceptors (Lipinski definition) is 5. The molecule has 0 saturated carbocycles. The minimum Gasteiger partial charge on any atom is -0.496 e. The van der Waals surface area contributed by atoms with Gasteiger partial charge in [0.05, 0.1) is 12.5 Å². The Morgan fingerprint density at radius 2 is 2.14 bits per heavy atom. The van der Waals surface area contributed by atoms with Crippen LogP contribution in [0, 0.1) is 5.92 Å². The summed E-state index contributed by atoms with van der Waals surface area (Å²) in [5.41, 5.74) is 2.16. The third-order valence-corrected chi connectivity index (χ3v) is 7.20. The van der Waals surface area contributed by atoms with Gasteiger partial charge in [-0.1, -0.05) is 12.1 Å². The van der Waals surface area contributed by atoms with E-state index in [0.29, 0.717) is 28.6 Å². The van der Waals surface area contributed by atoms with Gasteiger partial charge in [0.1, 0.15) is 10.6 Å². The largest absolute Gasteiger partial charge is 0.496 e. The summed E-state index contributed by atoms with van der Waals surface area (Å²) in [6.07, 6.45) is 2.93. The first-order chi connectivity index (χ1) is 13.7. The first kappa shape index (κ1) is 20.2. The first-order valence-corrected chi connectivity index (χ1v) is 10.6. The van der Waals surface area contributed by atoms with E-state index in [-0.39, 0.29) is 29.7 Å². The van der Waals surface area contributed by atoms with Crippen molar-refractivity contribution in [2.75, 3.05) is 13.7 Å². The Morgan fingerprint density at radius 3 is 2.97 bits per heavy atom. The standard InChI is InChI=1S/C21H23N3O3S.ClH/c1-27-17-4-2-3-14-13(17)6-5-12-11-22-16(18(12)14)7-9-24-20(25)15-8-10-28-19(15)23-21(24)26;/h2-4,8,10,12,16,18,22H,5-7,9,11H2,1H3,(H,23,26);1H/t12-,16?,18+;/m0./s1. The molecule has 3 aromatic rings. The second-order valence-electron chi connectivity index (χ2n) is 7.71. The molecule has 6 nitrogen and oxygen atoms in total. The van der Waals surface area contributed by atoms with Gasteiger partial charge in [-0.15, -0.1) is 23.7 Å². The van der Waals surface area contributed by atoms with E-state index in [1.54, 1.807) is 13.2 Å². The minimum absolute atomic E-state index is 0. The minimum atomic E-state index is -0.319. The number of benzene rings is 1. The van der Waals surface area contributed by atoms with Crippen LogP contribution in [-0.2, 0) is 13.0 Å². The van der Waals surface area contributed by atoms with E-state index in [2.05, 4.69) is 22.4 Å². The maximum Gasteiger partial charge on any atom is 0.329 e. The normalized spacial score (nSPS) is 22.7. The van der Waals surface area contributed by atoms with Gasteiger partial charge < -0.3 is 10.1 Å². The maximum atomic E-state index is 12.7. The zero-order chi connectivity index (χ0) is 19.3. The van der Waals surface area contributed by atoms with Crippen LogP contribution in [0.15, 0.2) is 39.2 Å². The number of halogens is 1. The molecule has 0 amide bonds. The number of nitrogens with one attached hydrogen (secondary N) is 2. The number of aromatic amines is 1. The van der Waals surface area contributed by atoms with Gasteiger partial charge in [-0.2, -0.15) is 0 Å². The van der Waals surface area contributed by atoms with Crippen LogP contribution >= 0.6 is 23.7 Å². The summed E-state index contributed by atoms with van der Waals surface area (Å²) in [5, 5.41) is 6.08. The highest BCUT2D eigenvalue weighted by Crippen LogP contribution is 2.45. The average Bonchev–Trinajstić information content (AvgIpc) is 3.34. The number of nitrogens with zero attached hydrogens (tertiary/aromatic N) is 1. The number of H-pyrrole nitrogens is 1. The molecular formula is C21H24ClN3O3S. The Kier molecular flexibility index (Phi) is 5.55. The lowest BCUT2D eigenvalue weighted by molar-refractivity contribution is 0.371. The molecule has 1 aromatic carbocycles. The van der Waals surface area contributed by atoms with Crippen molar-refractivity contribution in [1.29, 1.82) is 0 Å². The summed E-state index contributed by atoms with van der Waals surface area (Å²) >= 11 is 1.39. The molecule has 1 fully saturated rings. The highest BCUT2D eigenvalue weighted by Gasteiger charge is 2.40. The van der Waals surface area contributed by atoms with Crippen LogP contribution in [0.25, 0.3) is 10.2 Å². The van der Waals surface area contributed by atoms with Crippen LogP contribution in [0.3, 0.4) is 0 Å². The zero-order valence-corrected chi connectivity index (χ0v) is 17.8. The number of aromatic nitrogens is 2. The summed E-state index contributed by atoms with van der Waals surface area (Å²) in [5.74, 6) is 1.97. The molecule has 0 bridgehead atoms. The Balaban J connectivity index is 0.00000205. The highest BCUT2D eigenvalue weighted by atomic mass is 35.5. The third-order valence-electron chi connectivity index (χ3n) is 6.37. The lowest BCUT2D eigenvalue weighted by Crippen LogP contribution is -2.37. The SMILES string of the molecule is COc1cccc2c1CC[C@H]1CNC(CCn3c(=O)[nH]c4sccc4c3=O)[C@@H]21.Cl. The summed E-state index contributed by atoms with van der Waals surface area (Å²) < 4.78 is 6.93. The summed E-state index contributed by atoms with van der Waals surface area (Å²) in [6.45, 7) is 1.40. The molecule has 1 saturated heterocycles. The fourth-order valence-corrected chi connectivity index (χ4v) is 5.82. The maximum absolute atomic E-state index is 12.7. The van der Waals surface area contributed by atoms with Gasteiger partial charge in [-0.25, -0.2) is 4.79 Å². The zero-order valence-electron chi connectivity index (χ0n) is 16.1. The lowest BCUT2D eigenvalue weighted by Gasteiger charge is -2.32. The van der Waals surface area contributed by atoms with Crippen LogP contribution in [-0.4, -0.2) is 29.2 Å². The van der Waals surface area contributed by atoms with E-state index >= 15 is 0 Å². The molecule has 0 spiro atoms. The van der Waals surface area contributed by atoms with Crippen molar-refractivity contribution in [3.05, 3.63) is 61.6 Å². The van der Waals surface area contributed by atoms with E-state index in [1.807, 2.05) is 11.4 Å². The van der Waals surface area contributed by atoms with Gasteiger partial charge in [0.2, 0.25) is 0 Å². The second-order valence-corrected chi connectivity index (χ2v) is 8.62. The van der Waals surface area contributed by atoms with E-state index < -0.39 is 0 Å². The number of rotatable bonds is 4. The van der Waals surface area contributed by atoms with Crippen LogP contribution in [0.1, 0.15) is 29.9 Å². The molecule has 1 unspecified atom stereocenters. The van der Waals surface area contributed by atoms with Crippen molar-refractivity contribution in [3.63, 3.8) is 0 Å². The fourth-order valence-electron chi connectivity index (χ4n) is 5.05. The molecule has 154 valence electrons. The summed E-state index contributed by atoms with van der Waals surface area (Å²) in [7, 11) is 1.73. The summed E-state index contributed by atoms with van der Waals surface area (Å²) in [6, 6.07) is 8.34. The molecule has 0 radical (unpaired) electrons. The molecule has 1 aliphatic carbocycles. The number of thiophene rings is 1. The van der Waals surface area contributed by atoms with E-state index in [4.69, 9.17) is 4.74 Å². The predicted octanol–water partition coefficient (Wildman–Crippen LogP) is 2.89. The molecule has 8 heteroatoms. The van der Waals surface area contributed by atoms with Crippen molar-refractivity contribution < 1.29 is 4.74 Å². The van der Waals surface area contributed by atoms with Crippen molar-refractivity contribution >= 4 is 34.0 Å². The molecule has 2 aliphatic rings. The van der Waals surface area contributed by atoms with Gasteiger partial charge in [0.15, 0.2) is 0 Å². The molecule has 2 N–H and O–H groups in total. The third kappa shape index (κ3) is 3.31. The average molecular weight is 434 g/mol. The molecule has 29 heavy (non-hydrogen) atoms. The molecule has 3 atom stereocenters. The quantitative estimate of drug-likeness (QED) is 0.663. The summed E-state index contributed by atoms with van der Waals surface area (Å²) in [4.78, 5) is 28.6. The number of fused-ring (bicyclic) bond motifs is 4. The smallest absolute Gasteiger partial charge is 0.329 e. The topological polar surface area (TPSA) is 76.1 Å². The highest BCUT2D eigenvalue weighted by molar-refractivity contribution is 7.16. The van der Waals surface area contributed by atoms with Crippen molar-refractivity contribution in [2.45, 2.75) is 37.8 Å². The second kappa shape index (κ2) is 7.97. The van der Waals surface area contributed by atoms with E-state index in [0.717, 1.165) is 31.6 Å². The van der Waals surface area contributed by atoms with Crippen LogP contribution in [0.5, 0.6) is 5.75 Å². The Hall–Kier alpha value is -2.09. The van der Waals surface area contributed by atoms with Crippen molar-refractivity contribution in [1.82, 2.24) is 14.9 Å². The van der Waals surface area contributed by atoms with Crippen LogP contribution < -0.4 is 21.3 Å².